The summed E-state index contributed by atoms with van der Waals surface area (Å²) >= 11 is 0. The first-order valence-corrected chi connectivity index (χ1v) is 12.5. The largest absolute Gasteiger partial charge is 0.537 e. The Hall–Kier alpha value is -2.50. The normalized spacial score (nSPS) is 12.6. The van der Waals surface area contributed by atoms with E-state index in [0.717, 1.165) is 5.19 Å². The minimum atomic E-state index is -3.00. The van der Waals surface area contributed by atoms with Crippen molar-refractivity contribution in [1.29, 1.82) is 0 Å². The van der Waals surface area contributed by atoms with Crippen molar-refractivity contribution >= 4 is 57.1 Å². The van der Waals surface area contributed by atoms with Crippen LogP contribution in [0.5, 0.6) is 0 Å². The van der Waals surface area contributed by atoms with Gasteiger partial charge in [0.15, 0.2) is 0 Å². The van der Waals surface area contributed by atoms with Gasteiger partial charge in [-0.2, -0.15) is 0 Å². The first-order valence-electron chi connectivity index (χ1n) is 10.7. The number of hydrogen-bond donors (Lipinski definition) is 0. The lowest BCUT2D eigenvalue weighted by Crippen LogP contribution is -2.56. The Morgan fingerprint density at radius 2 is 1.03 bits per heavy atom. The van der Waals surface area contributed by atoms with Gasteiger partial charge < -0.3 is 13.3 Å². The molecule has 152 valence electrons. The van der Waals surface area contributed by atoms with Gasteiger partial charge in [0.05, 0.1) is 0 Å². The number of rotatable bonds is 7. The molecular formula is C26H26O3Si. The zero-order valence-electron chi connectivity index (χ0n) is 17.7. The van der Waals surface area contributed by atoms with Crippen LogP contribution in [0.15, 0.2) is 66.7 Å². The van der Waals surface area contributed by atoms with E-state index >= 15 is 0 Å². The lowest BCUT2D eigenvalue weighted by Gasteiger charge is -2.29. The second-order valence-electron chi connectivity index (χ2n) is 7.49. The van der Waals surface area contributed by atoms with Gasteiger partial charge in [-0.3, -0.25) is 0 Å². The minimum Gasteiger partial charge on any atom is -0.370 e. The Bertz CT molecular complexity index is 1320. The molecule has 0 spiro atoms. The lowest BCUT2D eigenvalue weighted by molar-refractivity contribution is 0.0859. The van der Waals surface area contributed by atoms with Crippen molar-refractivity contribution in [3.05, 3.63) is 66.7 Å². The van der Waals surface area contributed by atoms with Crippen molar-refractivity contribution in [3.63, 3.8) is 0 Å². The Balaban J connectivity index is 1.94. The van der Waals surface area contributed by atoms with Gasteiger partial charge >= 0.3 is 8.80 Å². The van der Waals surface area contributed by atoms with Crippen LogP contribution in [-0.4, -0.2) is 28.6 Å². The average molecular weight is 415 g/mol. The van der Waals surface area contributed by atoms with Crippen LogP contribution < -0.4 is 5.19 Å². The molecule has 0 aromatic heterocycles. The highest BCUT2D eigenvalue weighted by molar-refractivity contribution is 6.76. The summed E-state index contributed by atoms with van der Waals surface area (Å²) in [5, 5.41) is 11.2. The standard InChI is InChI=1S/C26H26O3Si/c1-4-27-30(28-5-2,29-6-3)20-16-19-12-9-14-22-21-13-7-10-18-11-8-15-23(25(18)21)24(17-20)26(19)22/h7-17H,4-6H2,1-3H3. The second-order valence-corrected chi connectivity index (χ2v) is 10.0. The molecule has 0 aliphatic rings. The first kappa shape index (κ1) is 19.5. The Labute approximate surface area is 177 Å². The highest BCUT2D eigenvalue weighted by Crippen LogP contribution is 2.39. The van der Waals surface area contributed by atoms with Crippen LogP contribution in [0.4, 0.5) is 0 Å². The van der Waals surface area contributed by atoms with Crippen molar-refractivity contribution in [2.24, 2.45) is 0 Å². The zero-order chi connectivity index (χ0) is 20.7. The third-order valence-corrected chi connectivity index (χ3v) is 8.82. The quantitative estimate of drug-likeness (QED) is 0.186. The van der Waals surface area contributed by atoms with Crippen LogP contribution in [0.3, 0.4) is 0 Å². The van der Waals surface area contributed by atoms with Crippen molar-refractivity contribution < 1.29 is 13.3 Å². The van der Waals surface area contributed by atoms with E-state index < -0.39 is 8.80 Å². The molecule has 5 aromatic carbocycles. The molecule has 0 aliphatic heterocycles. The van der Waals surface area contributed by atoms with Crippen LogP contribution in [0, 0.1) is 0 Å². The molecule has 30 heavy (non-hydrogen) atoms. The summed E-state index contributed by atoms with van der Waals surface area (Å²) in [5.74, 6) is 0. The lowest BCUT2D eigenvalue weighted by atomic mass is 9.90. The Kier molecular flexibility index (Phi) is 4.95. The van der Waals surface area contributed by atoms with E-state index in [0.29, 0.717) is 19.8 Å². The molecule has 0 aliphatic carbocycles. The van der Waals surface area contributed by atoms with Gasteiger partial charge in [-0.15, -0.1) is 0 Å². The fraction of sp³-hybridized carbons (Fsp3) is 0.231. The smallest absolute Gasteiger partial charge is 0.370 e. The molecule has 0 saturated carbocycles. The summed E-state index contributed by atoms with van der Waals surface area (Å²) in [4.78, 5) is 0. The summed E-state index contributed by atoms with van der Waals surface area (Å²) < 4.78 is 18.7. The topological polar surface area (TPSA) is 27.7 Å². The minimum absolute atomic E-state index is 0.554. The van der Waals surface area contributed by atoms with E-state index in [9.17, 15) is 0 Å². The van der Waals surface area contributed by atoms with Crippen LogP contribution >= 0.6 is 0 Å². The highest BCUT2D eigenvalue weighted by Gasteiger charge is 2.43. The average Bonchev–Trinajstić information content (AvgIpc) is 2.77. The molecule has 0 unspecified atom stereocenters. The van der Waals surface area contributed by atoms with Crippen LogP contribution in [0.2, 0.25) is 0 Å². The van der Waals surface area contributed by atoms with Crippen molar-refractivity contribution in [1.82, 2.24) is 0 Å². The van der Waals surface area contributed by atoms with Gasteiger partial charge in [0.25, 0.3) is 0 Å². The van der Waals surface area contributed by atoms with E-state index in [1.54, 1.807) is 0 Å². The second kappa shape index (κ2) is 7.64. The van der Waals surface area contributed by atoms with E-state index in [1.807, 2.05) is 20.8 Å². The molecule has 0 radical (unpaired) electrons. The number of fused-ring (bicyclic) bond motifs is 2. The molecule has 0 saturated heterocycles. The van der Waals surface area contributed by atoms with Crippen molar-refractivity contribution in [3.8, 4) is 0 Å². The summed E-state index contributed by atoms with van der Waals surface area (Å²) in [7, 11) is -3.00. The molecule has 3 nitrogen and oxygen atoms in total. The summed E-state index contributed by atoms with van der Waals surface area (Å²) in [5.41, 5.74) is 0. The van der Waals surface area contributed by atoms with Gasteiger partial charge in [-0.1, -0.05) is 54.6 Å². The molecule has 0 fully saturated rings. The fourth-order valence-electron chi connectivity index (χ4n) is 4.78. The summed E-state index contributed by atoms with van der Waals surface area (Å²) in [6.45, 7) is 7.66. The molecular weight excluding hydrogens is 388 g/mol. The van der Waals surface area contributed by atoms with Gasteiger partial charge in [0.1, 0.15) is 0 Å². The zero-order valence-corrected chi connectivity index (χ0v) is 18.7. The molecule has 5 aromatic rings. The van der Waals surface area contributed by atoms with Gasteiger partial charge in [-0.05, 0) is 76.0 Å². The Morgan fingerprint density at radius 1 is 0.567 bits per heavy atom. The predicted octanol–water partition coefficient (Wildman–Crippen LogP) is 5.99. The van der Waals surface area contributed by atoms with E-state index in [-0.39, 0.29) is 0 Å². The molecule has 0 atom stereocenters. The molecule has 0 amide bonds. The number of hydrogen-bond acceptors (Lipinski definition) is 3. The van der Waals surface area contributed by atoms with E-state index in [2.05, 4.69) is 66.7 Å². The summed E-state index contributed by atoms with van der Waals surface area (Å²) in [6.07, 6.45) is 0. The maximum atomic E-state index is 6.23. The maximum absolute atomic E-state index is 6.23. The monoisotopic (exact) mass is 414 g/mol. The molecule has 4 heteroatoms. The third-order valence-electron chi connectivity index (χ3n) is 5.82. The predicted molar refractivity (Wildman–Crippen MR) is 128 cm³/mol. The van der Waals surface area contributed by atoms with E-state index in [4.69, 9.17) is 13.3 Å². The van der Waals surface area contributed by atoms with Crippen molar-refractivity contribution in [2.45, 2.75) is 20.8 Å². The third kappa shape index (κ3) is 2.83. The number of benzene rings is 5. The van der Waals surface area contributed by atoms with Gasteiger partial charge in [0.2, 0.25) is 0 Å². The fourth-order valence-corrected chi connectivity index (χ4v) is 7.32. The molecule has 0 N–H and O–H groups in total. The first-order chi connectivity index (χ1) is 14.7. The van der Waals surface area contributed by atoms with Crippen LogP contribution in [0.1, 0.15) is 20.8 Å². The molecule has 0 heterocycles. The summed E-state index contributed by atoms with van der Waals surface area (Å²) in [6, 6.07) is 24.2. The highest BCUT2D eigenvalue weighted by atomic mass is 28.4. The maximum Gasteiger partial charge on any atom is 0.537 e. The molecule has 0 bridgehead atoms. The SMILES string of the molecule is CCO[Si](OCC)(OCC)c1cc2cccc3c4cccc5cccc(c(c1)c23)c54. The van der Waals surface area contributed by atoms with Gasteiger partial charge in [0, 0.05) is 25.0 Å². The Morgan fingerprint density at radius 3 is 1.57 bits per heavy atom. The molecule has 5 rings (SSSR count). The van der Waals surface area contributed by atoms with Crippen LogP contribution in [-0.2, 0) is 13.3 Å². The van der Waals surface area contributed by atoms with Crippen molar-refractivity contribution in [2.75, 3.05) is 19.8 Å². The van der Waals surface area contributed by atoms with Crippen LogP contribution in [0.25, 0.3) is 43.1 Å². The van der Waals surface area contributed by atoms with E-state index in [1.165, 1.54) is 43.1 Å². The van der Waals surface area contributed by atoms with Gasteiger partial charge in [-0.25, -0.2) is 0 Å².